The maximum Gasteiger partial charge on any atom is 0.132 e. The molecule has 0 fully saturated rings. The minimum Gasteiger partial charge on any atom is -0.496 e. The normalized spacial score (nSPS) is 10.7. The Hall–Kier alpha value is -2.30. The number of aromatic nitrogens is 2. The lowest BCUT2D eigenvalue weighted by Crippen LogP contribution is -2.05. The fourth-order valence-corrected chi connectivity index (χ4v) is 2.26. The lowest BCUT2D eigenvalue weighted by atomic mass is 9.96. The summed E-state index contributed by atoms with van der Waals surface area (Å²) in [6.45, 7) is 4.11. The molecule has 0 aliphatic heterocycles. The average molecular weight is 273 g/mol. The third-order valence-electron chi connectivity index (χ3n) is 3.16. The third-order valence-corrected chi connectivity index (χ3v) is 3.16. The summed E-state index contributed by atoms with van der Waals surface area (Å²) in [5.41, 5.74) is 8.46. The van der Waals surface area contributed by atoms with Gasteiger partial charge in [-0.05, 0) is 18.1 Å². The molecule has 5 heteroatoms. The molecule has 5 nitrogen and oxygen atoms in total. The van der Waals surface area contributed by atoms with Crippen LogP contribution in [0.15, 0.2) is 24.5 Å². The van der Waals surface area contributed by atoms with Gasteiger partial charge < -0.3 is 15.2 Å². The van der Waals surface area contributed by atoms with E-state index < -0.39 is 0 Å². The lowest BCUT2D eigenvalue weighted by molar-refractivity contribution is 0.397. The number of nitrogen functional groups attached to an aromatic ring is 1. The number of nitrogens with zero attached hydrogens (tertiary/aromatic N) is 2. The average Bonchev–Trinajstić information content (AvgIpc) is 2.45. The molecule has 2 N–H and O–H groups in total. The van der Waals surface area contributed by atoms with E-state index in [1.165, 1.54) is 6.33 Å². The van der Waals surface area contributed by atoms with Gasteiger partial charge in [0.25, 0.3) is 0 Å². The molecular weight excluding hydrogens is 254 g/mol. The summed E-state index contributed by atoms with van der Waals surface area (Å²) < 4.78 is 10.9. The number of nitrogens with two attached hydrogens (primary N) is 1. The highest BCUT2D eigenvalue weighted by Crippen LogP contribution is 2.41. The number of hydrogen-bond donors (Lipinski definition) is 1. The Kier molecular flexibility index (Phi) is 4.08. The fraction of sp³-hybridized carbons (Fsp3) is 0.333. The van der Waals surface area contributed by atoms with Crippen molar-refractivity contribution in [1.82, 2.24) is 9.97 Å². The summed E-state index contributed by atoms with van der Waals surface area (Å²) in [5, 5.41) is 0. The van der Waals surface area contributed by atoms with Crippen molar-refractivity contribution in [2.75, 3.05) is 20.0 Å². The van der Waals surface area contributed by atoms with Gasteiger partial charge in [-0.25, -0.2) is 9.97 Å². The van der Waals surface area contributed by atoms with E-state index in [0.29, 0.717) is 17.3 Å². The van der Waals surface area contributed by atoms with Gasteiger partial charge in [0, 0.05) is 5.56 Å². The second-order valence-corrected chi connectivity index (χ2v) is 4.71. The van der Waals surface area contributed by atoms with Crippen molar-refractivity contribution in [3.8, 4) is 22.8 Å². The first-order valence-corrected chi connectivity index (χ1v) is 6.41. The molecule has 106 valence electrons. The number of anilines is 1. The van der Waals surface area contributed by atoms with Crippen LogP contribution in [-0.4, -0.2) is 24.2 Å². The molecule has 0 atom stereocenters. The molecule has 2 rings (SSSR count). The van der Waals surface area contributed by atoms with Crippen LogP contribution in [0.1, 0.15) is 25.3 Å². The van der Waals surface area contributed by atoms with Crippen LogP contribution in [0.3, 0.4) is 0 Å². The Morgan fingerprint density at radius 2 is 1.65 bits per heavy atom. The van der Waals surface area contributed by atoms with Crippen molar-refractivity contribution in [3.63, 3.8) is 0 Å². The number of rotatable bonds is 4. The maximum atomic E-state index is 6.01. The van der Waals surface area contributed by atoms with E-state index in [1.807, 2.05) is 18.2 Å². The first kappa shape index (κ1) is 14.1. The van der Waals surface area contributed by atoms with Gasteiger partial charge >= 0.3 is 0 Å². The quantitative estimate of drug-likeness (QED) is 0.927. The van der Waals surface area contributed by atoms with Crippen LogP contribution in [0.25, 0.3) is 11.3 Å². The maximum absolute atomic E-state index is 6.01. The molecule has 0 radical (unpaired) electrons. The van der Waals surface area contributed by atoms with Crippen LogP contribution in [0.2, 0.25) is 0 Å². The zero-order valence-corrected chi connectivity index (χ0v) is 12.2. The van der Waals surface area contributed by atoms with Crippen LogP contribution < -0.4 is 15.2 Å². The SMILES string of the molecule is COc1cccc(OC)c1-c1ncnc(N)c1C(C)C. The molecule has 0 unspecified atom stereocenters. The molecule has 0 amide bonds. The van der Waals surface area contributed by atoms with Gasteiger partial charge in [0.1, 0.15) is 23.6 Å². The molecule has 1 heterocycles. The molecule has 0 aliphatic rings. The standard InChI is InChI=1S/C15H19N3O2/c1-9(2)12-14(17-8-18-15(12)16)13-10(19-3)6-5-7-11(13)20-4/h5-9H,1-4H3,(H2,16,17,18). The monoisotopic (exact) mass is 273 g/mol. The van der Waals surface area contributed by atoms with Gasteiger partial charge in [-0.1, -0.05) is 19.9 Å². The minimum absolute atomic E-state index is 0.195. The first-order chi connectivity index (χ1) is 9.60. The summed E-state index contributed by atoms with van der Waals surface area (Å²) in [7, 11) is 3.25. The molecule has 1 aromatic heterocycles. The second kappa shape index (κ2) is 5.77. The molecule has 0 spiro atoms. The molecule has 0 saturated carbocycles. The number of benzene rings is 1. The highest BCUT2D eigenvalue weighted by Gasteiger charge is 2.21. The largest absolute Gasteiger partial charge is 0.496 e. The van der Waals surface area contributed by atoms with E-state index in [9.17, 15) is 0 Å². The van der Waals surface area contributed by atoms with Gasteiger partial charge in [0.15, 0.2) is 0 Å². The summed E-state index contributed by atoms with van der Waals surface area (Å²) in [4.78, 5) is 8.48. The third kappa shape index (κ3) is 2.39. The van der Waals surface area contributed by atoms with Crippen LogP contribution >= 0.6 is 0 Å². The molecule has 0 bridgehead atoms. The highest BCUT2D eigenvalue weighted by molar-refractivity contribution is 5.78. The Bertz CT molecular complexity index is 590. The van der Waals surface area contributed by atoms with E-state index >= 15 is 0 Å². The zero-order chi connectivity index (χ0) is 14.7. The number of methoxy groups -OCH3 is 2. The van der Waals surface area contributed by atoms with Crippen molar-refractivity contribution in [3.05, 3.63) is 30.1 Å². The Morgan fingerprint density at radius 3 is 2.15 bits per heavy atom. The smallest absolute Gasteiger partial charge is 0.132 e. The summed E-state index contributed by atoms with van der Waals surface area (Å²) in [6.07, 6.45) is 1.46. The van der Waals surface area contributed by atoms with E-state index in [4.69, 9.17) is 15.2 Å². The predicted molar refractivity (Wildman–Crippen MR) is 79.1 cm³/mol. The van der Waals surface area contributed by atoms with Crippen molar-refractivity contribution >= 4 is 5.82 Å². The predicted octanol–water partition coefficient (Wildman–Crippen LogP) is 2.87. The van der Waals surface area contributed by atoms with Gasteiger partial charge in [-0.3, -0.25) is 0 Å². The van der Waals surface area contributed by atoms with Crippen molar-refractivity contribution in [1.29, 1.82) is 0 Å². The number of ether oxygens (including phenoxy) is 2. The molecule has 2 aromatic rings. The van der Waals surface area contributed by atoms with Crippen LogP contribution in [-0.2, 0) is 0 Å². The van der Waals surface area contributed by atoms with E-state index in [0.717, 1.165) is 16.8 Å². The van der Waals surface area contributed by atoms with Gasteiger partial charge in [0.2, 0.25) is 0 Å². The Morgan fingerprint density at radius 1 is 1.05 bits per heavy atom. The lowest BCUT2D eigenvalue weighted by Gasteiger charge is -2.17. The summed E-state index contributed by atoms with van der Waals surface area (Å²) in [5.74, 6) is 2.08. The van der Waals surface area contributed by atoms with Crippen LogP contribution in [0.5, 0.6) is 11.5 Å². The highest BCUT2D eigenvalue weighted by atomic mass is 16.5. The Balaban J connectivity index is 2.77. The van der Waals surface area contributed by atoms with Gasteiger partial charge in [-0.15, -0.1) is 0 Å². The van der Waals surface area contributed by atoms with Crippen LogP contribution in [0, 0.1) is 0 Å². The zero-order valence-electron chi connectivity index (χ0n) is 12.2. The Labute approximate surface area is 118 Å². The van der Waals surface area contributed by atoms with Gasteiger partial charge in [-0.2, -0.15) is 0 Å². The first-order valence-electron chi connectivity index (χ1n) is 6.41. The summed E-state index contributed by atoms with van der Waals surface area (Å²) >= 11 is 0. The second-order valence-electron chi connectivity index (χ2n) is 4.71. The topological polar surface area (TPSA) is 70.3 Å². The van der Waals surface area contributed by atoms with E-state index in [-0.39, 0.29) is 5.92 Å². The molecule has 0 saturated heterocycles. The van der Waals surface area contributed by atoms with Crippen molar-refractivity contribution < 1.29 is 9.47 Å². The minimum atomic E-state index is 0.195. The number of hydrogen-bond acceptors (Lipinski definition) is 5. The van der Waals surface area contributed by atoms with Crippen molar-refractivity contribution in [2.45, 2.75) is 19.8 Å². The van der Waals surface area contributed by atoms with Crippen molar-refractivity contribution in [2.24, 2.45) is 0 Å². The van der Waals surface area contributed by atoms with Gasteiger partial charge in [0.05, 0.1) is 25.5 Å². The molecular formula is C15H19N3O2. The van der Waals surface area contributed by atoms with Crippen LogP contribution in [0.4, 0.5) is 5.82 Å². The van der Waals surface area contributed by atoms with E-state index in [1.54, 1.807) is 14.2 Å². The molecule has 1 aromatic carbocycles. The summed E-state index contributed by atoms with van der Waals surface area (Å²) in [6, 6.07) is 5.63. The van der Waals surface area contributed by atoms with E-state index in [2.05, 4.69) is 23.8 Å². The molecule has 20 heavy (non-hydrogen) atoms. The molecule has 0 aliphatic carbocycles. The fourth-order valence-electron chi connectivity index (χ4n) is 2.26.